The number of benzene rings is 2. The third-order valence-electron chi connectivity index (χ3n) is 7.16. The quantitative estimate of drug-likeness (QED) is 0.153. The molecule has 2 fully saturated rings. The molecular formula is C33H40O7. The molecule has 1 heterocycles. The van der Waals surface area contributed by atoms with Gasteiger partial charge in [0.15, 0.2) is 0 Å². The number of carbonyl (C=O) groups excluding carboxylic acids is 2. The van der Waals surface area contributed by atoms with Crippen LogP contribution < -0.4 is 9.47 Å². The molecule has 1 saturated heterocycles. The van der Waals surface area contributed by atoms with E-state index in [1.165, 1.54) is 12.2 Å². The van der Waals surface area contributed by atoms with E-state index in [2.05, 4.69) is 13.8 Å². The van der Waals surface area contributed by atoms with Gasteiger partial charge in [0.05, 0.1) is 19.8 Å². The van der Waals surface area contributed by atoms with E-state index in [4.69, 9.17) is 23.7 Å². The second-order valence-corrected chi connectivity index (χ2v) is 10.2. The Morgan fingerprint density at radius 3 is 1.75 bits per heavy atom. The first-order valence-corrected chi connectivity index (χ1v) is 14.4. The lowest BCUT2D eigenvalue weighted by Gasteiger charge is -2.18. The lowest BCUT2D eigenvalue weighted by molar-refractivity contribution is -0.148. The summed E-state index contributed by atoms with van der Waals surface area (Å²) in [5, 5.41) is 0. The van der Waals surface area contributed by atoms with Gasteiger partial charge in [-0.25, -0.2) is 9.59 Å². The fourth-order valence-corrected chi connectivity index (χ4v) is 4.89. The largest absolute Gasteiger partial charge is 0.494 e. The predicted octanol–water partition coefficient (Wildman–Crippen LogP) is 6.40. The molecule has 2 aromatic rings. The molecular weight excluding hydrogens is 508 g/mol. The molecule has 0 radical (unpaired) electrons. The van der Waals surface area contributed by atoms with Gasteiger partial charge in [0.25, 0.3) is 0 Å². The molecule has 0 N–H and O–H groups in total. The van der Waals surface area contributed by atoms with Crippen LogP contribution in [0.2, 0.25) is 0 Å². The maximum atomic E-state index is 12.5. The number of rotatable bonds is 14. The molecule has 0 amide bonds. The Balaban J connectivity index is 1.20. The van der Waals surface area contributed by atoms with Crippen LogP contribution in [0.4, 0.5) is 0 Å². The van der Waals surface area contributed by atoms with E-state index in [0.717, 1.165) is 54.7 Å². The van der Waals surface area contributed by atoms with Gasteiger partial charge in [-0.05, 0) is 73.2 Å². The zero-order valence-electron chi connectivity index (χ0n) is 23.5. The van der Waals surface area contributed by atoms with E-state index in [0.29, 0.717) is 26.2 Å². The van der Waals surface area contributed by atoms with Crippen molar-refractivity contribution < 1.29 is 33.3 Å². The average molecular weight is 549 g/mol. The highest BCUT2D eigenvalue weighted by Crippen LogP contribution is 2.39. The summed E-state index contributed by atoms with van der Waals surface area (Å²) in [6.45, 7) is 5.95. The van der Waals surface area contributed by atoms with Crippen molar-refractivity contribution in [3.05, 3.63) is 71.8 Å². The Bertz CT molecular complexity index is 1040. The zero-order valence-corrected chi connectivity index (χ0v) is 23.5. The van der Waals surface area contributed by atoms with Gasteiger partial charge >= 0.3 is 11.9 Å². The highest BCUT2D eigenvalue weighted by atomic mass is 16.6. The molecule has 1 aliphatic heterocycles. The Labute approximate surface area is 237 Å². The Hall–Kier alpha value is -3.58. The van der Waals surface area contributed by atoms with Crippen molar-refractivity contribution >= 4 is 24.1 Å². The topological polar surface area (TPSA) is 80.3 Å². The van der Waals surface area contributed by atoms with Gasteiger partial charge in [0.1, 0.15) is 29.8 Å². The summed E-state index contributed by atoms with van der Waals surface area (Å²) >= 11 is 0. The van der Waals surface area contributed by atoms with E-state index in [9.17, 15) is 9.59 Å². The first kappa shape index (κ1) is 29.4. The molecule has 4 rings (SSSR count). The molecule has 7 heteroatoms. The Morgan fingerprint density at radius 1 is 0.750 bits per heavy atom. The molecule has 0 unspecified atom stereocenters. The van der Waals surface area contributed by atoms with Crippen LogP contribution in [-0.4, -0.2) is 50.1 Å². The Kier molecular flexibility index (Phi) is 11.2. The molecule has 4 atom stereocenters. The number of hydrogen-bond acceptors (Lipinski definition) is 7. The number of unbranched alkanes of at least 4 members (excludes halogenated alkanes) is 2. The van der Waals surface area contributed by atoms with Gasteiger partial charge in [0.2, 0.25) is 0 Å². The van der Waals surface area contributed by atoms with Gasteiger partial charge in [0, 0.05) is 18.1 Å². The monoisotopic (exact) mass is 548 g/mol. The van der Waals surface area contributed by atoms with Crippen LogP contribution in [0.25, 0.3) is 12.2 Å². The van der Waals surface area contributed by atoms with Crippen molar-refractivity contribution in [2.24, 2.45) is 5.92 Å². The van der Waals surface area contributed by atoms with Crippen LogP contribution in [0.5, 0.6) is 11.5 Å². The molecule has 0 aromatic heterocycles. The number of fused-ring (bicyclic) bond motifs is 1. The van der Waals surface area contributed by atoms with Crippen LogP contribution in [0, 0.1) is 5.92 Å². The summed E-state index contributed by atoms with van der Waals surface area (Å²) in [7, 11) is 0. The van der Waals surface area contributed by atoms with Gasteiger partial charge in [-0.1, -0.05) is 51.0 Å². The first-order chi connectivity index (χ1) is 19.6. The summed E-state index contributed by atoms with van der Waals surface area (Å²) in [5.41, 5.74) is 1.77. The SMILES string of the molecule is CCCCOc1ccc(/C=C/C(=O)O[C@@H]2CO[C@H]3[C@@H]2CC[C@H]3OC(=O)/C=C/c2ccc(OCCCC)cc2)cc1. The number of ether oxygens (including phenoxy) is 5. The van der Waals surface area contributed by atoms with E-state index >= 15 is 0 Å². The molecule has 1 saturated carbocycles. The van der Waals surface area contributed by atoms with Crippen molar-refractivity contribution in [3.63, 3.8) is 0 Å². The fourth-order valence-electron chi connectivity index (χ4n) is 4.89. The first-order valence-electron chi connectivity index (χ1n) is 14.4. The Morgan fingerprint density at radius 2 is 1.25 bits per heavy atom. The minimum absolute atomic E-state index is 0.0129. The average Bonchev–Trinajstić information content (AvgIpc) is 3.55. The molecule has 2 aromatic carbocycles. The van der Waals surface area contributed by atoms with E-state index < -0.39 is 11.9 Å². The smallest absolute Gasteiger partial charge is 0.331 e. The van der Waals surface area contributed by atoms with Crippen molar-refractivity contribution in [2.75, 3.05) is 19.8 Å². The van der Waals surface area contributed by atoms with Crippen LogP contribution in [0.1, 0.15) is 63.5 Å². The molecule has 214 valence electrons. The van der Waals surface area contributed by atoms with Crippen LogP contribution >= 0.6 is 0 Å². The maximum absolute atomic E-state index is 12.5. The molecule has 0 bridgehead atoms. The molecule has 2 aliphatic rings. The van der Waals surface area contributed by atoms with E-state index in [1.54, 1.807) is 12.2 Å². The van der Waals surface area contributed by atoms with Gasteiger partial charge in [-0.15, -0.1) is 0 Å². The lowest BCUT2D eigenvalue weighted by atomic mass is 10.0. The zero-order chi connectivity index (χ0) is 28.2. The van der Waals surface area contributed by atoms with Crippen LogP contribution in [0.3, 0.4) is 0 Å². The third-order valence-corrected chi connectivity index (χ3v) is 7.16. The van der Waals surface area contributed by atoms with Crippen molar-refractivity contribution in [3.8, 4) is 11.5 Å². The van der Waals surface area contributed by atoms with Gasteiger partial charge < -0.3 is 23.7 Å². The van der Waals surface area contributed by atoms with E-state index in [-0.39, 0.29) is 24.2 Å². The van der Waals surface area contributed by atoms with Crippen LogP contribution in [-0.2, 0) is 23.8 Å². The van der Waals surface area contributed by atoms with Gasteiger partial charge in [-0.3, -0.25) is 0 Å². The number of hydrogen-bond donors (Lipinski definition) is 0. The highest BCUT2D eigenvalue weighted by Gasteiger charge is 2.49. The number of carbonyl (C=O) groups is 2. The molecule has 0 spiro atoms. The lowest BCUT2D eigenvalue weighted by Crippen LogP contribution is -2.30. The standard InChI is InChI=1S/C33H40O7/c1-3-5-21-36-26-13-7-24(8-14-26)11-19-31(34)39-29-18-17-28-30(23-38-33(28)29)40-32(35)20-12-25-9-15-27(16-10-25)37-22-6-4-2/h7-16,19-20,28-30,33H,3-6,17-18,21-23H2,1-2H3/b19-11+,20-12+/t28-,29-,30-,33+/m1/s1. The summed E-state index contributed by atoms with van der Waals surface area (Å²) in [4.78, 5) is 25.0. The number of esters is 2. The second kappa shape index (κ2) is 15.3. The predicted molar refractivity (Wildman–Crippen MR) is 154 cm³/mol. The maximum Gasteiger partial charge on any atom is 0.331 e. The fraction of sp³-hybridized carbons (Fsp3) is 0.455. The normalized spacial score (nSPS) is 21.9. The summed E-state index contributed by atoms with van der Waals surface area (Å²) in [5.74, 6) is 0.816. The summed E-state index contributed by atoms with van der Waals surface area (Å²) < 4.78 is 28.6. The second-order valence-electron chi connectivity index (χ2n) is 10.2. The summed E-state index contributed by atoms with van der Waals surface area (Å²) in [6, 6.07) is 15.2. The van der Waals surface area contributed by atoms with Crippen LogP contribution in [0.15, 0.2) is 60.7 Å². The van der Waals surface area contributed by atoms with Crippen molar-refractivity contribution in [2.45, 2.75) is 70.7 Å². The van der Waals surface area contributed by atoms with E-state index in [1.807, 2.05) is 48.5 Å². The van der Waals surface area contributed by atoms with Gasteiger partial charge in [-0.2, -0.15) is 0 Å². The van der Waals surface area contributed by atoms with Crippen molar-refractivity contribution in [1.82, 2.24) is 0 Å². The summed E-state index contributed by atoms with van der Waals surface area (Å²) in [6.07, 6.45) is 11.0. The highest BCUT2D eigenvalue weighted by molar-refractivity contribution is 5.87. The third kappa shape index (κ3) is 8.71. The molecule has 7 nitrogen and oxygen atoms in total. The molecule has 40 heavy (non-hydrogen) atoms. The van der Waals surface area contributed by atoms with Crippen molar-refractivity contribution in [1.29, 1.82) is 0 Å². The molecule has 1 aliphatic carbocycles. The minimum atomic E-state index is -0.414. The minimum Gasteiger partial charge on any atom is -0.494 e.